The molecule has 1 aromatic rings. The monoisotopic (exact) mass is 192 g/mol. The highest BCUT2D eigenvalue weighted by atomic mass is 16.1. The van der Waals surface area contributed by atoms with Crippen LogP contribution in [0.3, 0.4) is 0 Å². The average molecular weight is 192 g/mol. The molecule has 2 rings (SSSR count). The van der Waals surface area contributed by atoms with Crippen molar-refractivity contribution in [2.45, 2.75) is 25.7 Å². The van der Waals surface area contributed by atoms with Crippen molar-refractivity contribution in [2.24, 2.45) is 0 Å². The van der Waals surface area contributed by atoms with Crippen LogP contribution in [-0.2, 0) is 4.79 Å². The molecular formula is C11H16N2O. The van der Waals surface area contributed by atoms with Crippen molar-refractivity contribution >= 4 is 5.91 Å². The zero-order valence-electron chi connectivity index (χ0n) is 8.28. The summed E-state index contributed by atoms with van der Waals surface area (Å²) in [5.74, 6) is 0.225. The summed E-state index contributed by atoms with van der Waals surface area (Å²) < 4.78 is 0. The van der Waals surface area contributed by atoms with Gasteiger partial charge in [-0.05, 0) is 25.0 Å². The predicted molar refractivity (Wildman–Crippen MR) is 55.7 cm³/mol. The maximum Gasteiger partial charge on any atom is 0.219 e. The molecule has 1 amide bonds. The number of nitrogens with zero attached hydrogens (tertiary/aromatic N) is 1. The number of rotatable bonds is 0. The normalized spacial score (nSPS) is 15.9. The van der Waals surface area contributed by atoms with E-state index in [-0.39, 0.29) is 5.91 Å². The molecule has 3 heteroatoms. The van der Waals surface area contributed by atoms with Crippen molar-refractivity contribution in [1.82, 2.24) is 10.3 Å². The van der Waals surface area contributed by atoms with E-state index in [1.807, 2.05) is 18.2 Å². The lowest BCUT2D eigenvalue weighted by atomic mass is 10.2. The Kier molecular flexibility index (Phi) is 5.40. The molecule has 0 aromatic carbocycles. The van der Waals surface area contributed by atoms with E-state index in [4.69, 9.17) is 0 Å². The Balaban J connectivity index is 0.000000146. The minimum Gasteiger partial charge on any atom is -0.356 e. The molecule has 2 heterocycles. The summed E-state index contributed by atoms with van der Waals surface area (Å²) in [6.07, 6.45) is 7.68. The third kappa shape index (κ3) is 5.30. The molecule has 0 saturated carbocycles. The van der Waals surface area contributed by atoms with Crippen LogP contribution in [0.5, 0.6) is 0 Å². The number of nitrogens with one attached hydrogen (secondary N) is 1. The Morgan fingerprint density at radius 2 is 1.86 bits per heavy atom. The fourth-order valence-corrected chi connectivity index (χ4v) is 1.22. The molecule has 1 aliphatic heterocycles. The van der Waals surface area contributed by atoms with Gasteiger partial charge >= 0.3 is 0 Å². The zero-order valence-corrected chi connectivity index (χ0v) is 8.28. The molecule has 14 heavy (non-hydrogen) atoms. The van der Waals surface area contributed by atoms with Crippen molar-refractivity contribution in [2.75, 3.05) is 6.54 Å². The van der Waals surface area contributed by atoms with E-state index in [0.29, 0.717) is 0 Å². The fraction of sp³-hybridized carbons (Fsp3) is 0.455. The van der Waals surface area contributed by atoms with Crippen LogP contribution in [0.1, 0.15) is 25.7 Å². The largest absolute Gasteiger partial charge is 0.356 e. The number of hydrogen-bond acceptors (Lipinski definition) is 2. The number of aromatic nitrogens is 1. The molecule has 1 aliphatic rings. The van der Waals surface area contributed by atoms with Gasteiger partial charge in [0.1, 0.15) is 0 Å². The maximum atomic E-state index is 10.6. The lowest BCUT2D eigenvalue weighted by molar-refractivity contribution is -0.120. The third-order valence-electron chi connectivity index (χ3n) is 1.97. The van der Waals surface area contributed by atoms with Crippen LogP contribution in [0.4, 0.5) is 0 Å². The Morgan fingerprint density at radius 1 is 1.07 bits per heavy atom. The first-order valence-corrected chi connectivity index (χ1v) is 5.01. The molecule has 0 bridgehead atoms. The van der Waals surface area contributed by atoms with E-state index in [2.05, 4.69) is 10.3 Å². The van der Waals surface area contributed by atoms with Gasteiger partial charge in [0.15, 0.2) is 0 Å². The summed E-state index contributed by atoms with van der Waals surface area (Å²) in [6, 6.07) is 5.72. The summed E-state index contributed by atoms with van der Waals surface area (Å²) in [5.41, 5.74) is 0. The predicted octanol–water partition coefficient (Wildman–Crippen LogP) is 1.76. The van der Waals surface area contributed by atoms with Crippen molar-refractivity contribution in [3.8, 4) is 0 Å². The molecule has 1 N–H and O–H groups in total. The van der Waals surface area contributed by atoms with Gasteiger partial charge in [-0.1, -0.05) is 12.5 Å². The summed E-state index contributed by atoms with van der Waals surface area (Å²) in [7, 11) is 0. The van der Waals surface area contributed by atoms with Crippen molar-refractivity contribution < 1.29 is 4.79 Å². The Morgan fingerprint density at radius 3 is 2.43 bits per heavy atom. The molecule has 1 fully saturated rings. The molecule has 0 radical (unpaired) electrons. The van der Waals surface area contributed by atoms with Gasteiger partial charge in [0.25, 0.3) is 0 Å². The summed E-state index contributed by atoms with van der Waals surface area (Å²) in [6.45, 7) is 0.888. The first-order chi connectivity index (χ1) is 6.89. The topological polar surface area (TPSA) is 42.0 Å². The first-order valence-electron chi connectivity index (χ1n) is 5.01. The number of carbonyl (C=O) groups excluding carboxylic acids is 1. The first kappa shape index (κ1) is 10.7. The van der Waals surface area contributed by atoms with E-state index in [9.17, 15) is 4.79 Å². The van der Waals surface area contributed by atoms with Crippen molar-refractivity contribution in [1.29, 1.82) is 0 Å². The van der Waals surface area contributed by atoms with Gasteiger partial charge < -0.3 is 5.32 Å². The van der Waals surface area contributed by atoms with E-state index in [0.717, 1.165) is 25.8 Å². The second-order valence-corrected chi connectivity index (χ2v) is 3.19. The van der Waals surface area contributed by atoms with Crippen molar-refractivity contribution in [3.63, 3.8) is 0 Å². The Bertz CT molecular complexity index is 212. The number of amides is 1. The minimum absolute atomic E-state index is 0.225. The van der Waals surface area contributed by atoms with Gasteiger partial charge in [-0.3, -0.25) is 9.78 Å². The van der Waals surface area contributed by atoms with Crippen LogP contribution in [0.2, 0.25) is 0 Å². The van der Waals surface area contributed by atoms with E-state index in [1.54, 1.807) is 12.4 Å². The Labute approximate surface area is 84.6 Å². The standard InChI is InChI=1S/C6H11NO.C5H5N/c8-6-4-2-1-3-5-7-6;1-2-4-6-5-3-1/h1-5H2,(H,7,8);1-5H. The van der Waals surface area contributed by atoms with E-state index in [1.165, 1.54) is 6.42 Å². The van der Waals surface area contributed by atoms with E-state index >= 15 is 0 Å². The summed E-state index contributed by atoms with van der Waals surface area (Å²) in [4.78, 5) is 14.4. The second kappa shape index (κ2) is 7.06. The van der Waals surface area contributed by atoms with Crippen LogP contribution in [0.15, 0.2) is 30.6 Å². The van der Waals surface area contributed by atoms with Gasteiger partial charge in [0.2, 0.25) is 5.91 Å². The van der Waals surface area contributed by atoms with Crippen LogP contribution in [0, 0.1) is 0 Å². The van der Waals surface area contributed by atoms with Gasteiger partial charge in [0, 0.05) is 25.4 Å². The highest BCUT2D eigenvalue weighted by molar-refractivity contribution is 5.75. The van der Waals surface area contributed by atoms with Crippen LogP contribution in [0.25, 0.3) is 0 Å². The molecule has 3 nitrogen and oxygen atoms in total. The molecule has 76 valence electrons. The summed E-state index contributed by atoms with van der Waals surface area (Å²) >= 11 is 0. The molecule has 1 saturated heterocycles. The molecule has 0 aliphatic carbocycles. The molecule has 0 unspecified atom stereocenters. The van der Waals surface area contributed by atoms with Gasteiger partial charge in [-0.15, -0.1) is 0 Å². The number of carbonyl (C=O) groups is 1. The van der Waals surface area contributed by atoms with Crippen LogP contribution in [-0.4, -0.2) is 17.4 Å². The maximum absolute atomic E-state index is 10.6. The third-order valence-corrected chi connectivity index (χ3v) is 1.97. The second-order valence-electron chi connectivity index (χ2n) is 3.19. The molecular weight excluding hydrogens is 176 g/mol. The quantitative estimate of drug-likeness (QED) is 0.680. The lowest BCUT2D eigenvalue weighted by Gasteiger charge is -1.93. The smallest absolute Gasteiger partial charge is 0.219 e. The van der Waals surface area contributed by atoms with E-state index < -0.39 is 0 Å². The SMILES string of the molecule is O=C1CCCCCN1.c1ccncc1. The average Bonchev–Trinajstić information content (AvgIpc) is 2.49. The van der Waals surface area contributed by atoms with Gasteiger partial charge in [0.05, 0.1) is 0 Å². The summed E-state index contributed by atoms with van der Waals surface area (Å²) in [5, 5.41) is 2.81. The van der Waals surface area contributed by atoms with Crippen molar-refractivity contribution in [3.05, 3.63) is 30.6 Å². The highest BCUT2D eigenvalue weighted by Crippen LogP contribution is 2.02. The molecule has 0 atom stereocenters. The Hall–Kier alpha value is -1.38. The van der Waals surface area contributed by atoms with Gasteiger partial charge in [-0.2, -0.15) is 0 Å². The zero-order chi connectivity index (χ0) is 10.1. The fourth-order valence-electron chi connectivity index (χ4n) is 1.22. The van der Waals surface area contributed by atoms with Crippen LogP contribution < -0.4 is 5.32 Å². The molecule has 0 spiro atoms. The minimum atomic E-state index is 0.225. The number of pyridine rings is 1. The van der Waals surface area contributed by atoms with Crippen LogP contribution >= 0.6 is 0 Å². The highest BCUT2D eigenvalue weighted by Gasteiger charge is 2.03. The molecule has 1 aromatic heterocycles. The lowest BCUT2D eigenvalue weighted by Crippen LogP contribution is -2.21. The van der Waals surface area contributed by atoms with Gasteiger partial charge in [-0.25, -0.2) is 0 Å². The number of hydrogen-bond donors (Lipinski definition) is 1.